The second kappa shape index (κ2) is 4.94. The average molecular weight is 271 g/mol. The number of pyridine rings is 1. The summed E-state index contributed by atoms with van der Waals surface area (Å²) in [6.45, 7) is 3.03. The van der Waals surface area contributed by atoms with E-state index in [-0.39, 0.29) is 0 Å². The first-order valence-electron chi connectivity index (χ1n) is 5.26. The molecule has 2 unspecified atom stereocenters. The summed E-state index contributed by atoms with van der Waals surface area (Å²) < 4.78 is 6.47. The fourth-order valence-corrected chi connectivity index (χ4v) is 2.16. The normalized spacial score (nSPS) is 22.7. The fourth-order valence-electron chi connectivity index (χ4n) is 1.81. The quantitative estimate of drug-likeness (QED) is 0.858. The second-order valence-corrected chi connectivity index (χ2v) is 4.64. The first kappa shape index (κ1) is 10.9. The van der Waals surface area contributed by atoms with Gasteiger partial charge >= 0.3 is 0 Å². The molecule has 4 heteroatoms. The minimum absolute atomic E-state index is 0.314. The van der Waals surface area contributed by atoms with E-state index < -0.39 is 0 Å². The monoisotopic (exact) mass is 270 g/mol. The van der Waals surface area contributed by atoms with Gasteiger partial charge in [-0.3, -0.25) is 0 Å². The van der Waals surface area contributed by atoms with Crippen molar-refractivity contribution >= 4 is 21.7 Å². The van der Waals surface area contributed by atoms with Crippen LogP contribution >= 0.6 is 15.9 Å². The van der Waals surface area contributed by atoms with Gasteiger partial charge in [0, 0.05) is 6.61 Å². The number of hydrogen-bond donors (Lipinski definition) is 1. The Morgan fingerprint density at radius 2 is 2.47 bits per heavy atom. The molecular formula is C11H15BrN2O. The van der Waals surface area contributed by atoms with Crippen LogP contribution in [0.25, 0.3) is 0 Å². The van der Waals surface area contributed by atoms with Gasteiger partial charge in [-0.05, 0) is 47.8 Å². The molecule has 1 aromatic heterocycles. The molecule has 1 aliphatic heterocycles. The molecule has 0 bridgehead atoms. The largest absolute Gasteiger partial charge is 0.376 e. The van der Waals surface area contributed by atoms with Crippen molar-refractivity contribution in [3.8, 4) is 0 Å². The molecule has 3 nitrogen and oxygen atoms in total. The predicted molar refractivity (Wildman–Crippen MR) is 64.0 cm³/mol. The summed E-state index contributed by atoms with van der Waals surface area (Å²) in [6, 6.07) is 6.18. The minimum Gasteiger partial charge on any atom is -0.376 e. The van der Waals surface area contributed by atoms with Crippen LogP contribution in [0.1, 0.15) is 19.8 Å². The number of hydrogen-bond acceptors (Lipinski definition) is 3. The Kier molecular flexibility index (Phi) is 3.59. The molecule has 2 atom stereocenters. The van der Waals surface area contributed by atoms with Crippen LogP contribution in [0.5, 0.6) is 0 Å². The number of anilines is 1. The second-order valence-electron chi connectivity index (χ2n) is 3.83. The Hall–Kier alpha value is -0.610. The lowest BCUT2D eigenvalue weighted by molar-refractivity contribution is 0.0995. The number of aromatic nitrogens is 1. The maximum Gasteiger partial charge on any atom is 0.127 e. The van der Waals surface area contributed by atoms with E-state index in [0.29, 0.717) is 12.1 Å². The number of nitrogens with one attached hydrogen (secondary N) is 1. The number of ether oxygens (including phenoxy) is 1. The molecule has 0 aromatic carbocycles. The van der Waals surface area contributed by atoms with Crippen molar-refractivity contribution < 1.29 is 4.74 Å². The number of nitrogens with zero attached hydrogens (tertiary/aromatic N) is 1. The van der Waals surface area contributed by atoms with E-state index in [1.807, 2.05) is 18.2 Å². The molecule has 0 amide bonds. The van der Waals surface area contributed by atoms with Crippen LogP contribution < -0.4 is 5.32 Å². The topological polar surface area (TPSA) is 34.2 Å². The number of halogens is 1. The molecule has 0 saturated carbocycles. The Balaban J connectivity index is 1.95. The number of rotatable bonds is 3. The third kappa shape index (κ3) is 2.92. The van der Waals surface area contributed by atoms with E-state index in [1.54, 1.807) is 0 Å². The van der Waals surface area contributed by atoms with Crippen molar-refractivity contribution in [2.45, 2.75) is 31.9 Å². The van der Waals surface area contributed by atoms with Crippen molar-refractivity contribution in [3.63, 3.8) is 0 Å². The van der Waals surface area contributed by atoms with Gasteiger partial charge in [-0.1, -0.05) is 6.07 Å². The molecule has 0 radical (unpaired) electrons. The van der Waals surface area contributed by atoms with Crippen LogP contribution in [-0.2, 0) is 4.74 Å². The zero-order chi connectivity index (χ0) is 10.7. The summed E-state index contributed by atoms with van der Waals surface area (Å²) in [5.74, 6) is 0.896. The summed E-state index contributed by atoms with van der Waals surface area (Å²) in [5.41, 5.74) is 0. The predicted octanol–water partition coefficient (Wildman–Crippen LogP) is 2.82. The molecule has 1 aromatic rings. The van der Waals surface area contributed by atoms with Gasteiger partial charge in [0.05, 0.1) is 12.1 Å². The molecule has 1 N–H and O–H groups in total. The highest BCUT2D eigenvalue weighted by Crippen LogP contribution is 2.19. The van der Waals surface area contributed by atoms with E-state index in [2.05, 4.69) is 33.2 Å². The maximum atomic E-state index is 5.62. The summed E-state index contributed by atoms with van der Waals surface area (Å²) >= 11 is 3.35. The van der Waals surface area contributed by atoms with Crippen LogP contribution in [0.15, 0.2) is 22.8 Å². The van der Waals surface area contributed by atoms with Crippen molar-refractivity contribution in [2.75, 3.05) is 11.9 Å². The smallest absolute Gasteiger partial charge is 0.127 e. The van der Waals surface area contributed by atoms with Gasteiger partial charge in [0.1, 0.15) is 10.4 Å². The summed E-state index contributed by atoms with van der Waals surface area (Å²) in [4.78, 5) is 4.33. The molecule has 2 heterocycles. The lowest BCUT2D eigenvalue weighted by atomic mass is 10.1. The Bertz CT molecular complexity index is 326. The molecule has 1 aliphatic rings. The van der Waals surface area contributed by atoms with Crippen molar-refractivity contribution in [1.29, 1.82) is 0 Å². The zero-order valence-electron chi connectivity index (χ0n) is 8.74. The molecule has 82 valence electrons. The molecule has 0 spiro atoms. The average Bonchev–Trinajstić information content (AvgIpc) is 2.70. The van der Waals surface area contributed by atoms with Crippen LogP contribution in [0.4, 0.5) is 5.82 Å². The Morgan fingerprint density at radius 3 is 3.13 bits per heavy atom. The van der Waals surface area contributed by atoms with E-state index in [1.165, 1.54) is 6.42 Å². The van der Waals surface area contributed by atoms with Crippen LogP contribution in [0.2, 0.25) is 0 Å². The van der Waals surface area contributed by atoms with E-state index in [9.17, 15) is 0 Å². The minimum atomic E-state index is 0.314. The van der Waals surface area contributed by atoms with Gasteiger partial charge in [0.15, 0.2) is 0 Å². The standard InChI is InChI=1S/C11H15BrN2O/c1-8(9-4-3-7-15-9)13-11-6-2-5-10(12)14-11/h2,5-6,8-9H,3-4,7H2,1H3,(H,13,14). The maximum absolute atomic E-state index is 5.62. The summed E-state index contributed by atoms with van der Waals surface area (Å²) in [5, 5.41) is 3.36. The van der Waals surface area contributed by atoms with E-state index in [4.69, 9.17) is 4.74 Å². The van der Waals surface area contributed by atoms with Gasteiger partial charge in [-0.15, -0.1) is 0 Å². The summed E-state index contributed by atoms with van der Waals surface area (Å²) in [7, 11) is 0. The van der Waals surface area contributed by atoms with Crippen LogP contribution in [0.3, 0.4) is 0 Å². The third-order valence-corrected chi connectivity index (χ3v) is 3.05. The first-order valence-corrected chi connectivity index (χ1v) is 6.06. The highest BCUT2D eigenvalue weighted by atomic mass is 79.9. The lowest BCUT2D eigenvalue weighted by Crippen LogP contribution is -2.30. The van der Waals surface area contributed by atoms with Crippen molar-refractivity contribution in [1.82, 2.24) is 4.98 Å². The highest BCUT2D eigenvalue weighted by Gasteiger charge is 2.22. The van der Waals surface area contributed by atoms with Gasteiger partial charge in [0.25, 0.3) is 0 Å². The third-order valence-electron chi connectivity index (χ3n) is 2.61. The van der Waals surface area contributed by atoms with E-state index >= 15 is 0 Å². The molecular weight excluding hydrogens is 256 g/mol. The molecule has 0 aliphatic carbocycles. The zero-order valence-corrected chi connectivity index (χ0v) is 10.3. The molecule has 15 heavy (non-hydrogen) atoms. The van der Waals surface area contributed by atoms with Crippen LogP contribution in [0, 0.1) is 0 Å². The van der Waals surface area contributed by atoms with Crippen LogP contribution in [-0.4, -0.2) is 23.7 Å². The molecule has 1 saturated heterocycles. The SMILES string of the molecule is CC(Nc1cccc(Br)n1)C1CCCO1. The first-order chi connectivity index (χ1) is 7.25. The molecule has 1 fully saturated rings. The van der Waals surface area contributed by atoms with Gasteiger partial charge < -0.3 is 10.1 Å². The lowest BCUT2D eigenvalue weighted by Gasteiger charge is -2.20. The van der Waals surface area contributed by atoms with Gasteiger partial charge in [-0.2, -0.15) is 0 Å². The van der Waals surface area contributed by atoms with Gasteiger partial charge in [-0.25, -0.2) is 4.98 Å². The van der Waals surface area contributed by atoms with Crippen molar-refractivity contribution in [3.05, 3.63) is 22.8 Å². The van der Waals surface area contributed by atoms with E-state index in [0.717, 1.165) is 23.4 Å². The highest BCUT2D eigenvalue weighted by molar-refractivity contribution is 9.10. The Labute approximate surface area is 98.4 Å². The molecule has 2 rings (SSSR count). The van der Waals surface area contributed by atoms with Crippen molar-refractivity contribution in [2.24, 2.45) is 0 Å². The Morgan fingerprint density at radius 1 is 1.60 bits per heavy atom. The van der Waals surface area contributed by atoms with Gasteiger partial charge in [0.2, 0.25) is 0 Å². The summed E-state index contributed by atoms with van der Waals surface area (Å²) in [6.07, 6.45) is 2.64. The fraction of sp³-hybridized carbons (Fsp3) is 0.545.